The lowest BCUT2D eigenvalue weighted by atomic mass is 9.88. The molecule has 0 radical (unpaired) electrons. The van der Waals surface area contributed by atoms with Crippen LogP contribution in [0.1, 0.15) is 61.4 Å². The highest BCUT2D eigenvalue weighted by Crippen LogP contribution is 2.34. The van der Waals surface area contributed by atoms with Crippen molar-refractivity contribution in [1.82, 2.24) is 19.3 Å². The molecule has 0 fully saturated rings. The molecular weight excluding hydrogens is 492 g/mol. The van der Waals surface area contributed by atoms with Crippen LogP contribution in [0.5, 0.6) is 5.75 Å². The summed E-state index contributed by atoms with van der Waals surface area (Å²) >= 11 is 0. The van der Waals surface area contributed by atoms with Crippen LogP contribution >= 0.6 is 0 Å². The fraction of sp³-hybridized carbons (Fsp3) is 0.444. The molecule has 2 atom stereocenters. The Hall–Kier alpha value is -3.24. The van der Waals surface area contributed by atoms with Crippen LogP contribution in [0.3, 0.4) is 0 Å². The monoisotopic (exact) mass is 526 g/mol. The lowest BCUT2D eigenvalue weighted by molar-refractivity contribution is -0.137. The fourth-order valence-corrected chi connectivity index (χ4v) is 6.21. The van der Waals surface area contributed by atoms with E-state index < -0.39 is 16.0 Å². The number of sulfonamides is 1. The molecule has 0 bridgehead atoms. The molecule has 37 heavy (non-hydrogen) atoms. The van der Waals surface area contributed by atoms with E-state index in [1.807, 2.05) is 45.2 Å². The smallest absolute Gasteiger partial charge is 0.303 e. The average Bonchev–Trinajstić information content (AvgIpc) is 3.31. The number of aryl methyl sites for hydroxylation is 3. The Balaban J connectivity index is 1.61. The number of hydrogen-bond acceptors (Lipinski definition) is 6. The number of benzene rings is 2. The second kappa shape index (κ2) is 11.4. The van der Waals surface area contributed by atoms with E-state index in [4.69, 9.17) is 4.74 Å². The highest BCUT2D eigenvalue weighted by molar-refractivity contribution is 7.89. The Bertz CT molecular complexity index is 1350. The van der Waals surface area contributed by atoms with Crippen LogP contribution in [0, 0.1) is 6.92 Å². The van der Waals surface area contributed by atoms with Crippen molar-refractivity contribution in [3.05, 3.63) is 71.0 Å². The van der Waals surface area contributed by atoms with E-state index in [9.17, 15) is 18.3 Å². The van der Waals surface area contributed by atoms with Gasteiger partial charge in [-0.25, -0.2) is 8.42 Å². The van der Waals surface area contributed by atoms with Crippen LogP contribution in [0.15, 0.2) is 53.6 Å². The third-order valence-corrected chi connectivity index (χ3v) is 8.75. The van der Waals surface area contributed by atoms with Crippen molar-refractivity contribution in [2.75, 3.05) is 6.54 Å². The number of hydrogen-bond donors (Lipinski definition) is 1. The molecule has 9 nitrogen and oxygen atoms in total. The van der Waals surface area contributed by atoms with Gasteiger partial charge in [0.25, 0.3) is 0 Å². The molecule has 10 heteroatoms. The summed E-state index contributed by atoms with van der Waals surface area (Å²) in [6.07, 6.45) is 3.46. The lowest BCUT2D eigenvalue weighted by Gasteiger charge is -2.24. The summed E-state index contributed by atoms with van der Waals surface area (Å²) in [5, 5.41) is 17.8. The van der Waals surface area contributed by atoms with Gasteiger partial charge in [-0.2, -0.15) is 4.31 Å². The molecule has 0 spiro atoms. The summed E-state index contributed by atoms with van der Waals surface area (Å²) < 4.78 is 36.5. The molecule has 0 saturated heterocycles. The minimum absolute atomic E-state index is 0.0223. The number of fused-ring (bicyclic) bond motifs is 1. The molecule has 0 unspecified atom stereocenters. The highest BCUT2D eigenvalue weighted by atomic mass is 32.2. The molecule has 2 aromatic carbocycles. The Kier molecular flexibility index (Phi) is 8.29. The first-order valence-corrected chi connectivity index (χ1v) is 14.1. The SMILES string of the molecule is CC[C@@H]1CN(Cc2cc([C@@H](CCc3cn(CC)nn3)CC(=O)O)ccc2C)S(=O)(=O)c2ccccc2O1. The Morgan fingerprint density at radius 3 is 2.70 bits per heavy atom. The van der Waals surface area contributed by atoms with Crippen LogP contribution in [0.4, 0.5) is 0 Å². The standard InChI is InChI=1S/C27H34N4O5S/c1-4-24-18-31(37(34,35)26-9-7-6-8-25(26)36-24)16-22-14-20(11-10-19(22)3)21(15-27(32)33)12-13-23-17-30(5-2)29-28-23/h6-11,14,17,21,24H,4-5,12-13,15-16,18H2,1-3H3,(H,32,33)/t21-,24+/m0/s1. The van der Waals surface area contributed by atoms with Gasteiger partial charge in [-0.05, 0) is 67.9 Å². The number of carboxylic acids is 1. The van der Waals surface area contributed by atoms with Crippen molar-refractivity contribution >= 4 is 16.0 Å². The minimum Gasteiger partial charge on any atom is -0.488 e. The molecular formula is C27H34N4O5S. The molecule has 4 rings (SSSR count). The van der Waals surface area contributed by atoms with Crippen molar-refractivity contribution in [1.29, 1.82) is 0 Å². The van der Waals surface area contributed by atoms with Crippen molar-refractivity contribution in [2.24, 2.45) is 0 Å². The molecule has 0 aliphatic carbocycles. The molecule has 1 aromatic heterocycles. The zero-order chi connectivity index (χ0) is 26.6. The van der Waals surface area contributed by atoms with Crippen molar-refractivity contribution in [3.8, 4) is 5.75 Å². The third kappa shape index (κ3) is 6.19. The highest BCUT2D eigenvalue weighted by Gasteiger charge is 2.34. The number of ether oxygens (including phenoxy) is 1. The fourth-order valence-electron chi connectivity index (χ4n) is 4.64. The quantitative estimate of drug-likeness (QED) is 0.422. The summed E-state index contributed by atoms with van der Waals surface area (Å²) in [7, 11) is -3.78. The maximum Gasteiger partial charge on any atom is 0.303 e. The van der Waals surface area contributed by atoms with E-state index in [0.29, 0.717) is 25.0 Å². The van der Waals surface area contributed by atoms with Gasteiger partial charge in [-0.3, -0.25) is 9.48 Å². The topological polar surface area (TPSA) is 115 Å². The molecule has 198 valence electrons. The Morgan fingerprint density at radius 1 is 1.22 bits per heavy atom. The zero-order valence-corrected chi connectivity index (χ0v) is 22.3. The second-order valence-electron chi connectivity index (χ2n) is 9.48. The summed E-state index contributed by atoms with van der Waals surface area (Å²) in [5.74, 6) is -0.736. The van der Waals surface area contributed by atoms with Gasteiger partial charge in [0.2, 0.25) is 10.0 Å². The third-order valence-electron chi connectivity index (χ3n) is 6.89. The van der Waals surface area contributed by atoms with Crippen molar-refractivity contribution < 1.29 is 23.1 Å². The number of rotatable bonds is 10. The van der Waals surface area contributed by atoms with E-state index in [1.165, 1.54) is 4.31 Å². The number of carboxylic acid groups (broad SMARTS) is 1. The first kappa shape index (κ1) is 26.8. The number of aliphatic carboxylic acids is 1. The molecule has 1 N–H and O–H groups in total. The largest absolute Gasteiger partial charge is 0.488 e. The van der Waals surface area contributed by atoms with Crippen LogP contribution in [0.2, 0.25) is 0 Å². The van der Waals surface area contributed by atoms with Gasteiger partial charge in [0.15, 0.2) is 0 Å². The first-order chi connectivity index (χ1) is 17.7. The van der Waals surface area contributed by atoms with Crippen molar-refractivity contribution in [3.63, 3.8) is 0 Å². The van der Waals surface area contributed by atoms with Crippen LogP contribution in [-0.2, 0) is 34.3 Å². The lowest BCUT2D eigenvalue weighted by Crippen LogP contribution is -2.36. The summed E-state index contributed by atoms with van der Waals surface area (Å²) in [6, 6.07) is 12.6. The molecule has 2 heterocycles. The van der Waals surface area contributed by atoms with Gasteiger partial charge in [-0.15, -0.1) is 5.10 Å². The zero-order valence-electron chi connectivity index (χ0n) is 21.5. The van der Waals surface area contributed by atoms with E-state index in [1.54, 1.807) is 28.9 Å². The van der Waals surface area contributed by atoms with Crippen molar-refractivity contribution in [2.45, 2.75) is 76.5 Å². The predicted molar refractivity (Wildman–Crippen MR) is 139 cm³/mol. The van der Waals surface area contributed by atoms with Crippen LogP contribution in [-0.4, -0.2) is 51.4 Å². The van der Waals surface area contributed by atoms with Gasteiger partial charge in [-0.1, -0.05) is 42.5 Å². The average molecular weight is 527 g/mol. The van der Waals surface area contributed by atoms with Gasteiger partial charge in [0.05, 0.1) is 18.7 Å². The maximum atomic E-state index is 13.6. The molecule has 0 amide bonds. The number of para-hydroxylation sites is 1. The normalized spacial score (nSPS) is 18.0. The van der Waals surface area contributed by atoms with Crippen LogP contribution in [0.25, 0.3) is 0 Å². The van der Waals surface area contributed by atoms with E-state index in [2.05, 4.69) is 10.3 Å². The van der Waals surface area contributed by atoms with Gasteiger partial charge >= 0.3 is 5.97 Å². The van der Waals surface area contributed by atoms with Gasteiger partial charge in [0.1, 0.15) is 16.7 Å². The van der Waals surface area contributed by atoms with E-state index in [0.717, 1.165) is 28.9 Å². The number of nitrogens with zero attached hydrogens (tertiary/aromatic N) is 4. The van der Waals surface area contributed by atoms with E-state index in [-0.39, 0.29) is 36.4 Å². The number of carbonyl (C=O) groups is 1. The molecule has 3 aromatic rings. The number of aromatic nitrogens is 3. The summed E-state index contributed by atoms with van der Waals surface area (Å²) in [4.78, 5) is 11.9. The Morgan fingerprint density at radius 2 is 2.00 bits per heavy atom. The molecule has 0 saturated carbocycles. The molecule has 1 aliphatic rings. The molecule has 1 aliphatic heterocycles. The van der Waals surface area contributed by atoms with Gasteiger partial charge in [0, 0.05) is 19.3 Å². The maximum absolute atomic E-state index is 13.6. The van der Waals surface area contributed by atoms with E-state index >= 15 is 0 Å². The predicted octanol–water partition coefficient (Wildman–Crippen LogP) is 4.16. The minimum atomic E-state index is -3.78. The first-order valence-electron chi connectivity index (χ1n) is 12.7. The second-order valence-corrected chi connectivity index (χ2v) is 11.4. The Labute approximate surface area is 218 Å². The summed E-state index contributed by atoms with van der Waals surface area (Å²) in [6.45, 7) is 7.05. The van der Waals surface area contributed by atoms with Gasteiger partial charge < -0.3 is 9.84 Å². The summed E-state index contributed by atoms with van der Waals surface area (Å²) in [5.41, 5.74) is 3.50. The van der Waals surface area contributed by atoms with Crippen LogP contribution < -0.4 is 4.74 Å².